The first-order valence-electron chi connectivity index (χ1n) is 6.60. The van der Waals surface area contributed by atoms with Crippen molar-refractivity contribution >= 4 is 27.3 Å². The molecule has 0 saturated heterocycles. The van der Waals surface area contributed by atoms with Crippen LogP contribution in [0.15, 0.2) is 28.1 Å². The lowest BCUT2D eigenvalue weighted by Crippen LogP contribution is -2.21. The fourth-order valence-corrected chi connectivity index (χ4v) is 2.63. The van der Waals surface area contributed by atoms with Gasteiger partial charge < -0.3 is 10.1 Å². The first-order valence-corrected chi connectivity index (χ1v) is 8.27. The Morgan fingerprint density at radius 1 is 1.40 bits per heavy atom. The van der Waals surface area contributed by atoms with Crippen LogP contribution in [0.25, 0.3) is 0 Å². The van der Waals surface area contributed by atoms with E-state index in [-0.39, 0.29) is 0 Å². The molecule has 3 nitrogen and oxygen atoms in total. The summed E-state index contributed by atoms with van der Waals surface area (Å²) < 4.78 is 6.87. The van der Waals surface area contributed by atoms with Gasteiger partial charge in [0.1, 0.15) is 17.4 Å². The van der Waals surface area contributed by atoms with Gasteiger partial charge in [0.15, 0.2) is 0 Å². The molecule has 0 spiro atoms. The van der Waals surface area contributed by atoms with Gasteiger partial charge in [0.05, 0.1) is 5.69 Å². The van der Waals surface area contributed by atoms with Crippen molar-refractivity contribution in [2.24, 2.45) is 0 Å². The third-order valence-corrected chi connectivity index (χ3v) is 4.56. The Morgan fingerprint density at radius 3 is 2.90 bits per heavy atom. The number of aromatic nitrogens is 1. The van der Waals surface area contributed by atoms with Crippen LogP contribution in [0, 0.1) is 6.92 Å². The van der Waals surface area contributed by atoms with Crippen molar-refractivity contribution in [3.05, 3.63) is 44.3 Å². The zero-order valence-electron chi connectivity index (χ0n) is 11.9. The van der Waals surface area contributed by atoms with Gasteiger partial charge in [-0.2, -0.15) is 0 Å². The first kappa shape index (κ1) is 15.5. The van der Waals surface area contributed by atoms with Crippen LogP contribution in [-0.4, -0.2) is 11.0 Å². The molecule has 0 fully saturated rings. The van der Waals surface area contributed by atoms with Gasteiger partial charge >= 0.3 is 0 Å². The zero-order chi connectivity index (χ0) is 14.5. The van der Waals surface area contributed by atoms with Crippen molar-refractivity contribution in [1.82, 2.24) is 10.3 Å². The minimum atomic E-state index is 0.476. The van der Waals surface area contributed by atoms with E-state index >= 15 is 0 Å². The maximum Gasteiger partial charge on any atom is 0.131 e. The molecular formula is C15H19BrN2OS. The predicted molar refractivity (Wildman–Crippen MR) is 87.3 cm³/mol. The molecule has 2 rings (SSSR count). The van der Waals surface area contributed by atoms with E-state index in [1.165, 1.54) is 5.56 Å². The normalized spacial score (nSPS) is 11.1. The highest BCUT2D eigenvalue weighted by molar-refractivity contribution is 9.10. The molecule has 0 radical (unpaired) electrons. The van der Waals surface area contributed by atoms with Crippen molar-refractivity contribution in [3.8, 4) is 5.75 Å². The second kappa shape index (κ2) is 7.20. The monoisotopic (exact) mass is 354 g/mol. The SMILES string of the molecule is Cc1cc(OCc2csc(CNC(C)C)n2)ccc1Br. The number of hydrogen-bond donors (Lipinski definition) is 1. The van der Waals surface area contributed by atoms with Crippen molar-refractivity contribution in [2.75, 3.05) is 0 Å². The number of nitrogens with zero attached hydrogens (tertiary/aromatic N) is 1. The first-order chi connectivity index (χ1) is 9.54. The Kier molecular flexibility index (Phi) is 5.57. The van der Waals surface area contributed by atoms with Crippen LogP contribution in [0.2, 0.25) is 0 Å². The van der Waals surface area contributed by atoms with E-state index in [9.17, 15) is 0 Å². The fraction of sp³-hybridized carbons (Fsp3) is 0.400. The number of aryl methyl sites for hydroxylation is 1. The number of hydrogen-bond acceptors (Lipinski definition) is 4. The van der Waals surface area contributed by atoms with Crippen molar-refractivity contribution in [2.45, 2.75) is 40.0 Å². The number of halogens is 1. The van der Waals surface area contributed by atoms with E-state index in [1.54, 1.807) is 11.3 Å². The van der Waals surface area contributed by atoms with Crippen molar-refractivity contribution in [1.29, 1.82) is 0 Å². The quantitative estimate of drug-likeness (QED) is 0.839. The van der Waals surface area contributed by atoms with Gasteiger partial charge in [-0.1, -0.05) is 29.8 Å². The average molecular weight is 355 g/mol. The molecule has 0 aliphatic carbocycles. The number of rotatable bonds is 6. The molecule has 0 saturated carbocycles. The summed E-state index contributed by atoms with van der Waals surface area (Å²) >= 11 is 5.16. The largest absolute Gasteiger partial charge is 0.487 e. The summed E-state index contributed by atoms with van der Waals surface area (Å²) in [4.78, 5) is 4.56. The van der Waals surface area contributed by atoms with Crippen LogP contribution in [-0.2, 0) is 13.2 Å². The highest BCUT2D eigenvalue weighted by Crippen LogP contribution is 2.22. The van der Waals surface area contributed by atoms with E-state index in [1.807, 2.05) is 18.2 Å². The zero-order valence-corrected chi connectivity index (χ0v) is 14.3. The van der Waals surface area contributed by atoms with Gasteiger partial charge in [0.2, 0.25) is 0 Å². The molecule has 1 aromatic heterocycles. The van der Waals surface area contributed by atoms with E-state index in [0.717, 1.165) is 27.5 Å². The van der Waals surface area contributed by atoms with E-state index < -0.39 is 0 Å². The maximum absolute atomic E-state index is 5.77. The van der Waals surface area contributed by atoms with Crippen molar-refractivity contribution < 1.29 is 4.74 Å². The fourth-order valence-electron chi connectivity index (χ4n) is 1.65. The van der Waals surface area contributed by atoms with Gasteiger partial charge in [-0.3, -0.25) is 0 Å². The Hall–Kier alpha value is -0.910. The van der Waals surface area contributed by atoms with E-state index in [0.29, 0.717) is 12.6 Å². The summed E-state index contributed by atoms with van der Waals surface area (Å²) in [7, 11) is 0. The Labute approximate surface area is 132 Å². The molecule has 5 heteroatoms. The average Bonchev–Trinajstić information content (AvgIpc) is 2.86. The Bertz CT molecular complexity index is 569. The smallest absolute Gasteiger partial charge is 0.131 e. The van der Waals surface area contributed by atoms with Crippen LogP contribution in [0.4, 0.5) is 0 Å². The highest BCUT2D eigenvalue weighted by atomic mass is 79.9. The minimum Gasteiger partial charge on any atom is -0.487 e. The lowest BCUT2D eigenvalue weighted by atomic mass is 10.2. The topological polar surface area (TPSA) is 34.1 Å². The molecule has 0 unspecified atom stereocenters. The summed E-state index contributed by atoms with van der Waals surface area (Å²) in [6.07, 6.45) is 0. The number of nitrogens with one attached hydrogen (secondary N) is 1. The second-order valence-corrected chi connectivity index (χ2v) is 6.76. The van der Waals surface area contributed by atoms with E-state index in [4.69, 9.17) is 4.74 Å². The maximum atomic E-state index is 5.77. The summed E-state index contributed by atoms with van der Waals surface area (Å²) in [5.41, 5.74) is 2.15. The molecule has 2 aromatic rings. The number of benzene rings is 1. The molecule has 0 aliphatic heterocycles. The van der Waals surface area contributed by atoms with Crippen LogP contribution in [0.1, 0.15) is 30.1 Å². The van der Waals surface area contributed by atoms with E-state index in [2.05, 4.69) is 52.4 Å². The van der Waals surface area contributed by atoms with Gasteiger partial charge in [-0.05, 0) is 30.7 Å². The molecule has 1 aromatic carbocycles. The van der Waals surface area contributed by atoms with Gasteiger partial charge in [0, 0.05) is 22.4 Å². The summed E-state index contributed by atoms with van der Waals surface area (Å²) in [5, 5.41) is 6.52. The highest BCUT2D eigenvalue weighted by Gasteiger charge is 2.04. The summed E-state index contributed by atoms with van der Waals surface area (Å²) in [6.45, 7) is 7.65. The van der Waals surface area contributed by atoms with Crippen LogP contribution in [0.5, 0.6) is 5.75 Å². The number of ether oxygens (including phenoxy) is 1. The summed E-state index contributed by atoms with van der Waals surface area (Å²) in [5.74, 6) is 0.876. The van der Waals surface area contributed by atoms with Crippen LogP contribution >= 0.6 is 27.3 Å². The molecule has 0 aliphatic rings. The molecule has 1 heterocycles. The van der Waals surface area contributed by atoms with Crippen LogP contribution < -0.4 is 10.1 Å². The molecule has 0 atom stereocenters. The third kappa shape index (κ3) is 4.58. The molecule has 0 amide bonds. The minimum absolute atomic E-state index is 0.476. The molecular weight excluding hydrogens is 336 g/mol. The molecule has 20 heavy (non-hydrogen) atoms. The molecule has 108 valence electrons. The standard InChI is InChI=1S/C15H19BrN2OS/c1-10(2)17-7-15-18-12(9-20-15)8-19-13-4-5-14(16)11(3)6-13/h4-6,9-10,17H,7-8H2,1-3H3. The lowest BCUT2D eigenvalue weighted by molar-refractivity contribution is 0.301. The molecule has 1 N–H and O–H groups in total. The Balaban J connectivity index is 1.89. The van der Waals surface area contributed by atoms with Crippen molar-refractivity contribution in [3.63, 3.8) is 0 Å². The van der Waals surface area contributed by atoms with Gasteiger partial charge in [-0.25, -0.2) is 4.98 Å². The molecule has 0 bridgehead atoms. The number of thiazole rings is 1. The summed E-state index contributed by atoms with van der Waals surface area (Å²) in [6, 6.07) is 6.47. The third-order valence-electron chi connectivity index (χ3n) is 2.78. The lowest BCUT2D eigenvalue weighted by Gasteiger charge is -2.06. The van der Waals surface area contributed by atoms with Gasteiger partial charge in [0.25, 0.3) is 0 Å². The second-order valence-electron chi connectivity index (χ2n) is 4.97. The van der Waals surface area contributed by atoms with Gasteiger partial charge in [-0.15, -0.1) is 11.3 Å². The predicted octanol–water partition coefficient (Wildman–Crippen LogP) is 4.29. The Morgan fingerprint density at radius 2 is 2.20 bits per heavy atom. The van der Waals surface area contributed by atoms with Crippen LogP contribution in [0.3, 0.4) is 0 Å².